The number of amides is 2. The number of fused-ring (bicyclic) bond motifs is 1. The van der Waals surface area contributed by atoms with Crippen LogP contribution in [-0.2, 0) is 11.2 Å². The van der Waals surface area contributed by atoms with Crippen molar-refractivity contribution in [3.05, 3.63) is 60.7 Å². The van der Waals surface area contributed by atoms with Crippen molar-refractivity contribution in [2.75, 3.05) is 30.3 Å². The Kier molecular flexibility index (Phi) is 14.1. The first kappa shape index (κ1) is 34.8. The third kappa shape index (κ3) is 9.67. The summed E-state index contributed by atoms with van der Waals surface area (Å²) in [7, 11) is 0. The van der Waals surface area contributed by atoms with E-state index in [4.69, 9.17) is 10.3 Å². The Bertz CT molecular complexity index is 1510. The fourth-order valence-corrected chi connectivity index (χ4v) is 5.07. The number of carbonyl (C=O) groups excluding carboxylic acids is 2. The third-order valence-corrected chi connectivity index (χ3v) is 7.25. The minimum Gasteiger partial charge on any atom is -0.377 e. The van der Waals surface area contributed by atoms with Crippen molar-refractivity contribution in [1.29, 1.82) is 0 Å². The molecule has 0 atom stereocenters. The number of aromatic nitrogens is 6. The van der Waals surface area contributed by atoms with Crippen LogP contribution in [0.3, 0.4) is 0 Å². The second-order valence-corrected chi connectivity index (χ2v) is 10.3. The Morgan fingerprint density at radius 2 is 2.00 bits per heavy atom. The molecule has 0 saturated heterocycles. The van der Waals surface area contributed by atoms with Gasteiger partial charge in [0, 0.05) is 44.5 Å². The van der Waals surface area contributed by atoms with Gasteiger partial charge in [-0.1, -0.05) is 38.4 Å². The van der Waals surface area contributed by atoms with Crippen LogP contribution < -0.4 is 16.4 Å². The molecule has 13 heteroatoms. The molecular formula is C32H46N10O3. The summed E-state index contributed by atoms with van der Waals surface area (Å²) >= 11 is 0. The van der Waals surface area contributed by atoms with Crippen molar-refractivity contribution >= 4 is 29.3 Å². The molecule has 242 valence electrons. The van der Waals surface area contributed by atoms with Crippen LogP contribution in [0, 0.1) is 6.92 Å². The molecule has 0 bridgehead atoms. The van der Waals surface area contributed by atoms with Crippen LogP contribution in [0.4, 0.5) is 16.2 Å². The van der Waals surface area contributed by atoms with Gasteiger partial charge in [0.25, 0.3) is 0 Å². The number of aldehydes is 1. The lowest BCUT2D eigenvalue weighted by molar-refractivity contribution is -0.107. The number of nitrogens with zero attached hydrogens (tertiary/aromatic N) is 7. The summed E-state index contributed by atoms with van der Waals surface area (Å²) in [5.74, 6) is 1.17. The van der Waals surface area contributed by atoms with Crippen molar-refractivity contribution in [3.63, 3.8) is 0 Å². The van der Waals surface area contributed by atoms with Gasteiger partial charge in [0.15, 0.2) is 5.65 Å². The summed E-state index contributed by atoms with van der Waals surface area (Å²) in [6.45, 7) is 14.2. The SMILES string of the molecule is C=CN(CC)CCN.CC.Cc1cc(NC(=O)Nc2cnc3ccnn3c2C2CCCC2)cnc1-c1noc(CCCC=O)n1. The average Bonchev–Trinajstić information content (AvgIpc) is 3.84. The minimum atomic E-state index is -0.386. The molecule has 0 spiro atoms. The molecule has 1 aliphatic rings. The van der Waals surface area contributed by atoms with Crippen LogP contribution >= 0.6 is 0 Å². The third-order valence-electron chi connectivity index (χ3n) is 7.25. The topological polar surface area (TPSA) is 169 Å². The van der Waals surface area contributed by atoms with Gasteiger partial charge in [-0.2, -0.15) is 10.1 Å². The summed E-state index contributed by atoms with van der Waals surface area (Å²) in [6.07, 6.45) is 13.7. The number of nitrogens with two attached hydrogens (primary N) is 1. The van der Waals surface area contributed by atoms with Gasteiger partial charge in [0.2, 0.25) is 11.7 Å². The normalized spacial score (nSPS) is 12.5. The Labute approximate surface area is 264 Å². The van der Waals surface area contributed by atoms with E-state index in [1.54, 1.807) is 24.7 Å². The van der Waals surface area contributed by atoms with Gasteiger partial charge in [0.1, 0.15) is 12.0 Å². The summed E-state index contributed by atoms with van der Waals surface area (Å²) in [6, 6.07) is 3.27. The molecule has 0 unspecified atom stereocenters. The van der Waals surface area contributed by atoms with Gasteiger partial charge < -0.3 is 30.6 Å². The quantitative estimate of drug-likeness (QED) is 0.131. The van der Waals surface area contributed by atoms with Gasteiger partial charge >= 0.3 is 6.03 Å². The van der Waals surface area contributed by atoms with E-state index in [1.807, 2.05) is 37.6 Å². The van der Waals surface area contributed by atoms with Crippen molar-refractivity contribution in [2.24, 2.45) is 5.73 Å². The maximum Gasteiger partial charge on any atom is 0.323 e. The summed E-state index contributed by atoms with van der Waals surface area (Å²) in [5, 5.41) is 14.2. The van der Waals surface area contributed by atoms with Gasteiger partial charge in [-0.3, -0.25) is 4.98 Å². The maximum atomic E-state index is 12.8. The fraction of sp³-hybridized carbons (Fsp3) is 0.469. The molecule has 1 fully saturated rings. The maximum absolute atomic E-state index is 12.8. The molecule has 1 aliphatic carbocycles. The highest BCUT2D eigenvalue weighted by Gasteiger charge is 2.25. The molecule has 0 aliphatic heterocycles. The van der Waals surface area contributed by atoms with Crippen molar-refractivity contribution < 1.29 is 14.1 Å². The number of anilines is 2. The second-order valence-electron chi connectivity index (χ2n) is 10.3. The van der Waals surface area contributed by atoms with E-state index in [2.05, 4.69) is 54.2 Å². The van der Waals surface area contributed by atoms with Crippen LogP contribution in [0.25, 0.3) is 17.2 Å². The van der Waals surface area contributed by atoms with Crippen molar-refractivity contribution in [2.45, 2.75) is 78.6 Å². The van der Waals surface area contributed by atoms with Crippen LogP contribution in [0.5, 0.6) is 0 Å². The monoisotopic (exact) mass is 618 g/mol. The smallest absolute Gasteiger partial charge is 0.323 e. The van der Waals surface area contributed by atoms with E-state index in [9.17, 15) is 9.59 Å². The van der Waals surface area contributed by atoms with Crippen LogP contribution in [0.2, 0.25) is 0 Å². The standard InChI is InChI=1S/C24H26N8O3.C6H14N2.C2H6/c1-15-12-17(13-26-21(15)23-30-20(35-31-23)8-4-5-11-33)28-24(34)29-18-14-25-19-9-10-27-32(19)22(18)16-6-2-3-7-16;1-3-8(4-2)6-5-7;1-2/h9-14,16H,2-8H2,1H3,(H2,28,29,34);3H,1,4-7H2,2H3;1-2H3. The molecule has 4 N–H and O–H groups in total. The Morgan fingerprint density at radius 1 is 1.22 bits per heavy atom. The molecule has 2 amide bonds. The zero-order valence-corrected chi connectivity index (χ0v) is 26.8. The van der Waals surface area contributed by atoms with E-state index < -0.39 is 0 Å². The predicted octanol–water partition coefficient (Wildman–Crippen LogP) is 5.74. The Hall–Kier alpha value is -4.65. The number of hydrogen-bond donors (Lipinski definition) is 3. The molecule has 0 aromatic carbocycles. The first-order valence-electron chi connectivity index (χ1n) is 15.7. The van der Waals surface area contributed by atoms with Gasteiger partial charge in [-0.15, -0.1) is 0 Å². The molecule has 0 radical (unpaired) electrons. The number of urea groups is 1. The fourth-order valence-electron chi connectivity index (χ4n) is 5.07. The van der Waals surface area contributed by atoms with E-state index >= 15 is 0 Å². The van der Waals surface area contributed by atoms with Crippen LogP contribution in [0.15, 0.2) is 48.0 Å². The Balaban J connectivity index is 0.000000483. The number of pyridine rings is 1. The summed E-state index contributed by atoms with van der Waals surface area (Å²) in [4.78, 5) is 38.6. The molecule has 1 saturated carbocycles. The molecule has 4 aromatic heterocycles. The average molecular weight is 619 g/mol. The van der Waals surface area contributed by atoms with Crippen LogP contribution in [0.1, 0.15) is 82.4 Å². The van der Waals surface area contributed by atoms with E-state index in [-0.39, 0.29) is 6.03 Å². The van der Waals surface area contributed by atoms with E-state index in [0.717, 1.165) is 49.1 Å². The zero-order chi connectivity index (χ0) is 32.6. The molecule has 4 aromatic rings. The largest absolute Gasteiger partial charge is 0.377 e. The number of aryl methyl sites for hydroxylation is 2. The molecule has 13 nitrogen and oxygen atoms in total. The first-order valence-corrected chi connectivity index (χ1v) is 15.7. The lowest BCUT2D eigenvalue weighted by Gasteiger charge is -2.17. The van der Waals surface area contributed by atoms with Crippen LogP contribution in [-0.4, -0.2) is 66.6 Å². The second kappa shape index (κ2) is 18.2. The highest BCUT2D eigenvalue weighted by Crippen LogP contribution is 2.37. The number of hydrogen-bond acceptors (Lipinski definition) is 10. The molecular weight excluding hydrogens is 572 g/mol. The van der Waals surface area contributed by atoms with Gasteiger partial charge in [0.05, 0.1) is 35.7 Å². The Morgan fingerprint density at radius 3 is 2.64 bits per heavy atom. The number of unbranched alkanes of at least 4 members (excludes halogenated alkanes) is 1. The van der Waals surface area contributed by atoms with Gasteiger partial charge in [-0.05, 0) is 50.9 Å². The van der Waals surface area contributed by atoms with Crippen molar-refractivity contribution in [1.82, 2.24) is 34.6 Å². The minimum absolute atomic E-state index is 0.331. The number of nitrogens with one attached hydrogen (secondary N) is 2. The highest BCUT2D eigenvalue weighted by molar-refractivity contribution is 6.00. The van der Waals surface area contributed by atoms with Gasteiger partial charge in [-0.25, -0.2) is 14.3 Å². The number of carbonyl (C=O) groups is 2. The zero-order valence-electron chi connectivity index (χ0n) is 26.8. The van der Waals surface area contributed by atoms with E-state index in [1.165, 1.54) is 12.8 Å². The first-order chi connectivity index (χ1) is 22.0. The lowest BCUT2D eigenvalue weighted by Crippen LogP contribution is -2.23. The number of rotatable bonds is 12. The molecule has 5 rings (SSSR count). The highest BCUT2D eigenvalue weighted by atomic mass is 16.5. The predicted molar refractivity (Wildman–Crippen MR) is 176 cm³/mol. The molecule has 45 heavy (non-hydrogen) atoms. The molecule has 4 heterocycles. The summed E-state index contributed by atoms with van der Waals surface area (Å²) in [5.41, 5.74) is 9.58. The van der Waals surface area contributed by atoms with E-state index in [0.29, 0.717) is 60.5 Å². The number of likely N-dealkylation sites (N-methyl/N-ethyl adjacent to an activating group) is 1. The lowest BCUT2D eigenvalue weighted by atomic mass is 10.0. The summed E-state index contributed by atoms with van der Waals surface area (Å²) < 4.78 is 7.07. The van der Waals surface area contributed by atoms with Crippen molar-refractivity contribution in [3.8, 4) is 11.5 Å².